The summed E-state index contributed by atoms with van der Waals surface area (Å²) >= 11 is 0. The van der Waals surface area contributed by atoms with E-state index < -0.39 is 0 Å². The molecule has 0 aliphatic heterocycles. The summed E-state index contributed by atoms with van der Waals surface area (Å²) in [6.07, 6.45) is 1.70. The van der Waals surface area contributed by atoms with Gasteiger partial charge in [0.15, 0.2) is 5.65 Å². The van der Waals surface area contributed by atoms with Gasteiger partial charge in [0.2, 0.25) is 5.91 Å². The number of hydrogen-bond donors (Lipinski definition) is 1. The molecule has 2 aromatic heterocycles. The van der Waals surface area contributed by atoms with Gasteiger partial charge >= 0.3 is 0 Å². The Kier molecular flexibility index (Phi) is 5.18. The van der Waals surface area contributed by atoms with Gasteiger partial charge < -0.3 is 10.1 Å². The number of rotatable bonds is 5. The topological polar surface area (TPSA) is 69.0 Å². The number of carbonyl (C=O) groups is 1. The summed E-state index contributed by atoms with van der Waals surface area (Å²) in [5.74, 6) is 0.110. The number of anilines is 1. The lowest BCUT2D eigenvalue weighted by atomic mass is 10.0. The summed E-state index contributed by atoms with van der Waals surface area (Å²) in [7, 11) is 1.63. The molecule has 152 valence electrons. The van der Waals surface area contributed by atoms with Crippen LogP contribution in [0.1, 0.15) is 11.3 Å². The molecule has 0 aliphatic rings. The van der Waals surface area contributed by atoms with Crippen LogP contribution in [0.15, 0.2) is 54.7 Å². The Morgan fingerprint density at radius 1 is 1.13 bits per heavy atom. The van der Waals surface area contributed by atoms with E-state index in [1.54, 1.807) is 37.0 Å². The van der Waals surface area contributed by atoms with E-state index in [0.717, 1.165) is 28.0 Å². The number of aromatic nitrogens is 3. The Morgan fingerprint density at radius 3 is 2.60 bits per heavy atom. The van der Waals surface area contributed by atoms with Crippen LogP contribution in [0.5, 0.6) is 5.75 Å². The summed E-state index contributed by atoms with van der Waals surface area (Å²) in [5, 5.41) is 8.11. The van der Waals surface area contributed by atoms with E-state index in [2.05, 4.69) is 15.4 Å². The van der Waals surface area contributed by atoms with Gasteiger partial charge in [0.25, 0.3) is 0 Å². The van der Waals surface area contributed by atoms with Gasteiger partial charge in [-0.05, 0) is 60.9 Å². The number of halogens is 1. The Balaban J connectivity index is 1.63. The van der Waals surface area contributed by atoms with Crippen molar-refractivity contribution >= 4 is 22.6 Å². The molecule has 0 fully saturated rings. The SMILES string of the molecule is COc1ccc(-c2ccnc3c2c(C)nn3CC(=O)Nc2ccc(C)c(F)c2)cc1. The highest BCUT2D eigenvalue weighted by Gasteiger charge is 2.16. The lowest BCUT2D eigenvalue weighted by Gasteiger charge is -2.08. The van der Waals surface area contributed by atoms with Gasteiger partial charge in [-0.25, -0.2) is 14.1 Å². The molecule has 0 saturated heterocycles. The lowest BCUT2D eigenvalue weighted by molar-refractivity contribution is -0.116. The van der Waals surface area contributed by atoms with Crippen molar-refractivity contribution in [2.75, 3.05) is 12.4 Å². The van der Waals surface area contributed by atoms with Crippen molar-refractivity contribution in [1.29, 1.82) is 0 Å². The van der Waals surface area contributed by atoms with E-state index in [4.69, 9.17) is 4.74 Å². The van der Waals surface area contributed by atoms with Crippen LogP contribution in [-0.4, -0.2) is 27.8 Å². The third kappa shape index (κ3) is 3.74. The number of methoxy groups -OCH3 is 1. The Morgan fingerprint density at radius 2 is 1.90 bits per heavy atom. The number of carbonyl (C=O) groups excluding carboxylic acids is 1. The Labute approximate surface area is 173 Å². The molecule has 0 unspecified atom stereocenters. The van der Waals surface area contributed by atoms with E-state index in [1.165, 1.54) is 6.07 Å². The number of aryl methyl sites for hydroxylation is 2. The zero-order valence-corrected chi connectivity index (χ0v) is 16.9. The number of pyridine rings is 1. The van der Waals surface area contributed by atoms with Crippen molar-refractivity contribution in [2.45, 2.75) is 20.4 Å². The molecule has 7 heteroatoms. The molecule has 0 bridgehead atoms. The quantitative estimate of drug-likeness (QED) is 0.532. The lowest BCUT2D eigenvalue weighted by Crippen LogP contribution is -2.20. The molecule has 0 saturated carbocycles. The summed E-state index contributed by atoms with van der Waals surface area (Å²) in [6, 6.07) is 14.3. The number of amides is 1. The second-order valence-corrected chi connectivity index (χ2v) is 7.04. The van der Waals surface area contributed by atoms with E-state index in [0.29, 0.717) is 16.9 Å². The largest absolute Gasteiger partial charge is 0.497 e. The van der Waals surface area contributed by atoms with Crippen molar-refractivity contribution in [3.05, 3.63) is 71.8 Å². The van der Waals surface area contributed by atoms with Crippen LogP contribution in [-0.2, 0) is 11.3 Å². The van der Waals surface area contributed by atoms with Crippen molar-refractivity contribution in [3.63, 3.8) is 0 Å². The predicted molar refractivity (Wildman–Crippen MR) is 114 cm³/mol. The van der Waals surface area contributed by atoms with Crippen molar-refractivity contribution in [2.24, 2.45) is 0 Å². The number of nitrogens with one attached hydrogen (secondary N) is 1. The third-order valence-electron chi connectivity index (χ3n) is 4.96. The summed E-state index contributed by atoms with van der Waals surface area (Å²) < 4.78 is 20.5. The van der Waals surface area contributed by atoms with Crippen molar-refractivity contribution in [1.82, 2.24) is 14.8 Å². The second-order valence-electron chi connectivity index (χ2n) is 7.04. The fourth-order valence-electron chi connectivity index (χ4n) is 3.41. The van der Waals surface area contributed by atoms with Crippen LogP contribution < -0.4 is 10.1 Å². The zero-order chi connectivity index (χ0) is 21.3. The number of ether oxygens (including phenoxy) is 1. The first-order chi connectivity index (χ1) is 14.5. The highest BCUT2D eigenvalue weighted by Crippen LogP contribution is 2.30. The Bertz CT molecular complexity index is 1230. The molecule has 1 amide bonds. The molecule has 4 rings (SSSR count). The van der Waals surface area contributed by atoms with E-state index in [-0.39, 0.29) is 18.3 Å². The van der Waals surface area contributed by atoms with E-state index in [1.807, 2.05) is 37.3 Å². The summed E-state index contributed by atoms with van der Waals surface area (Å²) in [5.41, 5.74) is 4.31. The maximum Gasteiger partial charge on any atom is 0.246 e. The maximum atomic E-state index is 13.7. The van der Waals surface area contributed by atoms with Crippen LogP contribution in [0.3, 0.4) is 0 Å². The molecule has 1 N–H and O–H groups in total. The fraction of sp³-hybridized carbons (Fsp3) is 0.174. The highest BCUT2D eigenvalue weighted by atomic mass is 19.1. The smallest absolute Gasteiger partial charge is 0.246 e. The predicted octanol–water partition coefficient (Wildman–Crippen LogP) is 4.50. The van der Waals surface area contributed by atoms with Gasteiger partial charge in [-0.2, -0.15) is 5.10 Å². The maximum absolute atomic E-state index is 13.7. The molecule has 30 heavy (non-hydrogen) atoms. The first kappa shape index (κ1) is 19.6. The second kappa shape index (κ2) is 7.94. The molecule has 0 radical (unpaired) electrons. The average Bonchev–Trinajstić information content (AvgIpc) is 3.06. The minimum Gasteiger partial charge on any atom is -0.497 e. The standard InChI is InChI=1S/C23H21FN4O2/c1-14-4-7-17(12-20(14)24)26-21(29)13-28-23-22(15(2)27-28)19(10-11-25-23)16-5-8-18(30-3)9-6-16/h4-12H,13H2,1-3H3,(H,26,29). The van der Waals surface area contributed by atoms with Crippen LogP contribution in [0.2, 0.25) is 0 Å². The molecule has 0 spiro atoms. The number of hydrogen-bond acceptors (Lipinski definition) is 4. The molecular weight excluding hydrogens is 383 g/mol. The van der Waals surface area contributed by atoms with Crippen LogP contribution in [0.25, 0.3) is 22.2 Å². The first-order valence-electron chi connectivity index (χ1n) is 9.49. The normalized spacial score (nSPS) is 10.9. The number of fused-ring (bicyclic) bond motifs is 1. The number of nitrogens with zero attached hydrogens (tertiary/aromatic N) is 3. The van der Waals surface area contributed by atoms with Crippen LogP contribution in [0, 0.1) is 19.7 Å². The van der Waals surface area contributed by atoms with E-state index >= 15 is 0 Å². The minimum absolute atomic E-state index is 0.0289. The first-order valence-corrected chi connectivity index (χ1v) is 9.49. The molecule has 2 aromatic carbocycles. The van der Waals surface area contributed by atoms with Gasteiger partial charge in [0.1, 0.15) is 18.1 Å². The molecule has 2 heterocycles. The summed E-state index contributed by atoms with van der Waals surface area (Å²) in [4.78, 5) is 17.0. The van der Waals surface area contributed by atoms with Crippen LogP contribution in [0.4, 0.5) is 10.1 Å². The third-order valence-corrected chi connectivity index (χ3v) is 4.96. The zero-order valence-electron chi connectivity index (χ0n) is 16.9. The van der Waals surface area contributed by atoms with Crippen molar-refractivity contribution < 1.29 is 13.9 Å². The van der Waals surface area contributed by atoms with Gasteiger partial charge in [-0.1, -0.05) is 18.2 Å². The molecule has 0 aliphatic carbocycles. The number of benzene rings is 2. The average molecular weight is 404 g/mol. The molecular formula is C23H21FN4O2. The van der Waals surface area contributed by atoms with Gasteiger partial charge in [0, 0.05) is 17.3 Å². The van der Waals surface area contributed by atoms with Crippen molar-refractivity contribution in [3.8, 4) is 16.9 Å². The Hall–Kier alpha value is -3.74. The van der Waals surface area contributed by atoms with Gasteiger partial charge in [0.05, 0.1) is 12.8 Å². The van der Waals surface area contributed by atoms with Gasteiger partial charge in [-0.15, -0.1) is 0 Å². The van der Waals surface area contributed by atoms with Gasteiger partial charge in [-0.3, -0.25) is 4.79 Å². The van der Waals surface area contributed by atoms with Crippen LogP contribution >= 0.6 is 0 Å². The minimum atomic E-state index is -0.362. The summed E-state index contributed by atoms with van der Waals surface area (Å²) in [6.45, 7) is 3.53. The van der Waals surface area contributed by atoms with E-state index in [9.17, 15) is 9.18 Å². The molecule has 0 atom stereocenters. The highest BCUT2D eigenvalue weighted by molar-refractivity contribution is 5.96. The molecule has 6 nitrogen and oxygen atoms in total. The molecule has 4 aromatic rings. The monoisotopic (exact) mass is 404 g/mol. The fourth-order valence-corrected chi connectivity index (χ4v) is 3.41.